The smallest absolute Gasteiger partial charge is 0.350 e. The van der Waals surface area contributed by atoms with Crippen LogP contribution in [-0.4, -0.2) is 34.6 Å². The van der Waals surface area contributed by atoms with E-state index in [4.69, 9.17) is 14.7 Å². The molecule has 9 heteroatoms. The maximum atomic E-state index is 12.7. The quantitative estimate of drug-likeness (QED) is 0.422. The Kier molecular flexibility index (Phi) is 9.12. The summed E-state index contributed by atoms with van der Waals surface area (Å²) >= 11 is 1.09. The number of benzene rings is 1. The van der Waals surface area contributed by atoms with Gasteiger partial charge in [-0.05, 0) is 71.7 Å². The molecule has 0 saturated heterocycles. The second kappa shape index (κ2) is 11.6. The second-order valence-electron chi connectivity index (χ2n) is 8.32. The summed E-state index contributed by atoms with van der Waals surface area (Å²) in [5, 5.41) is 8.93. The van der Waals surface area contributed by atoms with E-state index in [1.54, 1.807) is 42.7 Å². The van der Waals surface area contributed by atoms with Crippen LogP contribution in [0.2, 0.25) is 0 Å². The Morgan fingerprint density at radius 1 is 1.15 bits per heavy atom. The van der Waals surface area contributed by atoms with E-state index < -0.39 is 17.5 Å². The van der Waals surface area contributed by atoms with Crippen molar-refractivity contribution in [1.29, 1.82) is 5.26 Å². The summed E-state index contributed by atoms with van der Waals surface area (Å²) in [5.74, 6) is -1.20. The molecule has 0 aliphatic carbocycles. The van der Waals surface area contributed by atoms with Crippen molar-refractivity contribution in [2.75, 3.05) is 6.61 Å². The number of carbonyl (C=O) groups excluding carboxylic acids is 3. The average Bonchev–Trinajstić information content (AvgIpc) is 3.05. The number of carbonyl (C=O) groups is 3. The van der Waals surface area contributed by atoms with Crippen molar-refractivity contribution in [3.05, 3.63) is 50.8 Å². The van der Waals surface area contributed by atoms with Gasteiger partial charge in [-0.2, -0.15) is 10.3 Å². The highest BCUT2D eigenvalue weighted by atomic mass is 32.1. The fourth-order valence-electron chi connectivity index (χ4n) is 2.99. The number of thiazole rings is 1. The summed E-state index contributed by atoms with van der Waals surface area (Å²) in [4.78, 5) is 42.0. The van der Waals surface area contributed by atoms with E-state index in [9.17, 15) is 14.4 Å². The van der Waals surface area contributed by atoms with Crippen LogP contribution in [0.5, 0.6) is 0 Å². The molecule has 0 aliphatic rings. The number of ether oxygens (including phenoxy) is 2. The SMILES string of the molecule is CCOC(=O)c1sc(=NC(=O)c2ccc(C#N)cc2)n(CCCCC(=O)OC(C)(C)C)c1C. The Balaban J connectivity index is 2.25. The Labute approximate surface area is 197 Å². The number of hydrogen-bond acceptors (Lipinski definition) is 7. The van der Waals surface area contributed by atoms with E-state index in [1.807, 2.05) is 26.8 Å². The van der Waals surface area contributed by atoms with Gasteiger partial charge in [0.25, 0.3) is 5.91 Å². The molecule has 2 rings (SSSR count). The van der Waals surface area contributed by atoms with Crippen LogP contribution in [0, 0.1) is 18.3 Å². The summed E-state index contributed by atoms with van der Waals surface area (Å²) in [7, 11) is 0. The topological polar surface area (TPSA) is 111 Å². The molecule has 0 N–H and O–H groups in total. The van der Waals surface area contributed by atoms with Crippen LogP contribution >= 0.6 is 11.3 Å². The molecule has 1 aromatic carbocycles. The Hall–Kier alpha value is -3.25. The van der Waals surface area contributed by atoms with Crippen LogP contribution in [0.1, 0.15) is 78.2 Å². The van der Waals surface area contributed by atoms with Crippen molar-refractivity contribution in [3.63, 3.8) is 0 Å². The number of unbranched alkanes of at least 4 members (excludes halogenated alkanes) is 1. The Bertz CT molecular complexity index is 1110. The molecule has 0 spiro atoms. The first-order valence-electron chi connectivity index (χ1n) is 10.7. The molecule has 0 fully saturated rings. The lowest BCUT2D eigenvalue weighted by Crippen LogP contribution is -2.24. The molecule has 0 aliphatic heterocycles. The molecular weight excluding hydrogens is 442 g/mol. The van der Waals surface area contributed by atoms with Gasteiger partial charge in [-0.15, -0.1) is 0 Å². The van der Waals surface area contributed by atoms with Gasteiger partial charge in [-0.25, -0.2) is 4.79 Å². The lowest BCUT2D eigenvalue weighted by Gasteiger charge is -2.19. The standard InChI is InChI=1S/C24H29N3O5S/c1-6-31-22(30)20-16(2)27(14-8-7-9-19(28)32-24(3,4)5)23(33-20)26-21(29)18-12-10-17(15-25)11-13-18/h10-13H,6-9,14H2,1-5H3. The number of esters is 2. The molecule has 0 unspecified atom stereocenters. The van der Waals surface area contributed by atoms with E-state index in [2.05, 4.69) is 4.99 Å². The first-order valence-corrected chi connectivity index (χ1v) is 11.6. The third kappa shape index (κ3) is 7.68. The predicted octanol–water partition coefficient (Wildman–Crippen LogP) is 4.16. The van der Waals surface area contributed by atoms with Crippen LogP contribution < -0.4 is 4.80 Å². The second-order valence-corrected chi connectivity index (χ2v) is 9.30. The van der Waals surface area contributed by atoms with E-state index in [-0.39, 0.29) is 19.0 Å². The predicted molar refractivity (Wildman–Crippen MR) is 124 cm³/mol. The third-order valence-corrected chi connectivity index (χ3v) is 5.67. The van der Waals surface area contributed by atoms with Gasteiger partial charge in [-0.1, -0.05) is 11.3 Å². The summed E-state index contributed by atoms with van der Waals surface area (Å²) in [5.41, 5.74) is 0.918. The van der Waals surface area contributed by atoms with E-state index in [0.29, 0.717) is 45.9 Å². The van der Waals surface area contributed by atoms with Gasteiger partial charge < -0.3 is 14.0 Å². The van der Waals surface area contributed by atoms with Crippen molar-refractivity contribution >= 4 is 29.2 Å². The van der Waals surface area contributed by atoms with E-state index in [1.165, 1.54) is 0 Å². The molecule has 8 nitrogen and oxygen atoms in total. The van der Waals surface area contributed by atoms with E-state index in [0.717, 1.165) is 11.3 Å². The molecule has 1 amide bonds. The van der Waals surface area contributed by atoms with Gasteiger partial charge in [0.15, 0.2) is 4.80 Å². The first kappa shape index (κ1) is 26.0. The number of hydrogen-bond donors (Lipinski definition) is 0. The Morgan fingerprint density at radius 2 is 1.82 bits per heavy atom. The van der Waals surface area contributed by atoms with Crippen molar-refractivity contribution < 1.29 is 23.9 Å². The van der Waals surface area contributed by atoms with Crippen molar-refractivity contribution in [1.82, 2.24) is 4.57 Å². The van der Waals surface area contributed by atoms with Gasteiger partial charge in [0.05, 0.1) is 18.2 Å². The minimum absolute atomic E-state index is 0.239. The maximum absolute atomic E-state index is 12.7. The molecule has 33 heavy (non-hydrogen) atoms. The highest BCUT2D eigenvalue weighted by Crippen LogP contribution is 2.16. The summed E-state index contributed by atoms with van der Waals surface area (Å²) < 4.78 is 12.3. The molecule has 1 heterocycles. The number of nitrogens with zero attached hydrogens (tertiary/aromatic N) is 3. The first-order chi connectivity index (χ1) is 15.6. The summed E-state index contributed by atoms with van der Waals surface area (Å²) in [6.45, 7) is 9.70. The van der Waals surface area contributed by atoms with Crippen LogP contribution in [0.15, 0.2) is 29.3 Å². The van der Waals surface area contributed by atoms with Crippen LogP contribution in [0.25, 0.3) is 0 Å². The largest absolute Gasteiger partial charge is 0.462 e. The van der Waals surface area contributed by atoms with Crippen LogP contribution in [0.3, 0.4) is 0 Å². The lowest BCUT2D eigenvalue weighted by atomic mass is 10.1. The van der Waals surface area contributed by atoms with Crippen molar-refractivity contribution in [3.8, 4) is 6.07 Å². The maximum Gasteiger partial charge on any atom is 0.350 e. The third-order valence-electron chi connectivity index (χ3n) is 4.51. The van der Waals surface area contributed by atoms with Crippen LogP contribution in [-0.2, 0) is 20.8 Å². The summed E-state index contributed by atoms with van der Waals surface area (Å²) in [6.07, 6.45) is 1.51. The molecule has 0 atom stereocenters. The average molecular weight is 472 g/mol. The number of rotatable bonds is 8. The van der Waals surface area contributed by atoms with Crippen LogP contribution in [0.4, 0.5) is 0 Å². The molecule has 1 aromatic heterocycles. The number of amides is 1. The molecule has 0 saturated carbocycles. The van der Waals surface area contributed by atoms with Gasteiger partial charge in [-0.3, -0.25) is 9.59 Å². The minimum Gasteiger partial charge on any atom is -0.462 e. The molecule has 176 valence electrons. The zero-order valence-electron chi connectivity index (χ0n) is 19.6. The number of aromatic nitrogens is 1. The zero-order chi connectivity index (χ0) is 24.6. The van der Waals surface area contributed by atoms with Crippen molar-refractivity contribution in [2.24, 2.45) is 4.99 Å². The normalized spacial score (nSPS) is 11.7. The zero-order valence-corrected chi connectivity index (χ0v) is 20.5. The highest BCUT2D eigenvalue weighted by molar-refractivity contribution is 7.11. The van der Waals surface area contributed by atoms with Gasteiger partial charge in [0.1, 0.15) is 10.5 Å². The van der Waals surface area contributed by atoms with Gasteiger partial charge in [0.2, 0.25) is 0 Å². The molecule has 0 bridgehead atoms. The van der Waals surface area contributed by atoms with E-state index >= 15 is 0 Å². The van der Waals surface area contributed by atoms with Gasteiger partial charge >= 0.3 is 11.9 Å². The molecule has 0 radical (unpaired) electrons. The fraction of sp³-hybridized carbons (Fsp3) is 0.458. The molecule has 2 aromatic rings. The molecular formula is C24H29N3O5S. The summed E-state index contributed by atoms with van der Waals surface area (Å²) in [6, 6.07) is 8.20. The lowest BCUT2D eigenvalue weighted by molar-refractivity contribution is -0.154. The van der Waals surface area contributed by atoms with Gasteiger partial charge in [0, 0.05) is 24.2 Å². The number of nitriles is 1. The highest BCUT2D eigenvalue weighted by Gasteiger charge is 2.19. The fourth-order valence-corrected chi connectivity index (χ4v) is 4.04. The monoisotopic (exact) mass is 471 g/mol. The Morgan fingerprint density at radius 3 is 2.39 bits per heavy atom. The van der Waals surface area contributed by atoms with Crippen molar-refractivity contribution in [2.45, 2.75) is 66.0 Å². The minimum atomic E-state index is -0.526.